The predicted octanol–water partition coefficient (Wildman–Crippen LogP) is 1.26. The van der Waals surface area contributed by atoms with Crippen molar-refractivity contribution in [1.29, 1.82) is 0 Å². The van der Waals surface area contributed by atoms with E-state index in [1.807, 2.05) is 0 Å². The molecule has 2 saturated heterocycles. The summed E-state index contributed by atoms with van der Waals surface area (Å²) in [6.07, 6.45) is 4.90. The fraction of sp³-hybridized carbons (Fsp3) is 0.636. The molecule has 0 saturated carbocycles. The van der Waals surface area contributed by atoms with E-state index in [1.54, 1.807) is 0 Å². The lowest BCUT2D eigenvalue weighted by Gasteiger charge is -2.21. The number of halogens is 1. The summed E-state index contributed by atoms with van der Waals surface area (Å²) in [6, 6.07) is 2.38. The summed E-state index contributed by atoms with van der Waals surface area (Å²) in [5.74, 6) is 0.130. The van der Waals surface area contributed by atoms with Crippen LogP contribution in [-0.2, 0) is 0 Å². The number of anilines is 1. The third-order valence-electron chi connectivity index (χ3n) is 3.57. The van der Waals surface area contributed by atoms with Crippen LogP contribution in [0.3, 0.4) is 0 Å². The third kappa shape index (κ3) is 1.75. The Morgan fingerprint density at radius 3 is 3.12 bits per heavy atom. The summed E-state index contributed by atoms with van der Waals surface area (Å²) in [4.78, 5) is 10.00. The minimum atomic E-state index is -0.473. The number of rotatable bonds is 2. The quantitative estimate of drug-likeness (QED) is 0.765. The molecule has 0 radical (unpaired) electrons. The molecular weight excluding hydrogens is 207 g/mol. The van der Waals surface area contributed by atoms with Crippen LogP contribution < -0.4 is 5.32 Å². The van der Waals surface area contributed by atoms with E-state index >= 15 is 0 Å². The first-order valence-corrected chi connectivity index (χ1v) is 5.81. The average Bonchev–Trinajstić information content (AvgIpc) is 2.83. The molecule has 1 aromatic heterocycles. The molecule has 2 aliphatic heterocycles. The van der Waals surface area contributed by atoms with E-state index in [2.05, 4.69) is 20.2 Å². The average molecular weight is 222 g/mol. The molecule has 2 fully saturated rings. The zero-order valence-corrected chi connectivity index (χ0v) is 9.06. The second kappa shape index (κ2) is 3.97. The molecule has 86 valence electrons. The van der Waals surface area contributed by atoms with Crippen LogP contribution in [0.4, 0.5) is 10.2 Å². The number of fused-ring (bicyclic) bond motifs is 1. The maximum Gasteiger partial charge on any atom is 0.217 e. The molecule has 0 bridgehead atoms. The normalized spacial score (nSPS) is 29.3. The molecule has 0 aliphatic carbocycles. The third-order valence-corrected chi connectivity index (χ3v) is 3.57. The van der Waals surface area contributed by atoms with Crippen molar-refractivity contribution in [3.05, 3.63) is 18.3 Å². The van der Waals surface area contributed by atoms with Crippen molar-refractivity contribution < 1.29 is 4.39 Å². The van der Waals surface area contributed by atoms with Gasteiger partial charge in [-0.2, -0.15) is 4.39 Å². The molecule has 1 aromatic rings. The van der Waals surface area contributed by atoms with Gasteiger partial charge in [0, 0.05) is 24.7 Å². The Hall–Kier alpha value is -1.23. The van der Waals surface area contributed by atoms with Crippen molar-refractivity contribution in [1.82, 2.24) is 14.9 Å². The summed E-state index contributed by atoms with van der Waals surface area (Å²) in [7, 11) is 0. The molecule has 0 amide bonds. The number of hydrogen-bond donors (Lipinski definition) is 1. The van der Waals surface area contributed by atoms with Crippen molar-refractivity contribution in [2.45, 2.75) is 31.3 Å². The Morgan fingerprint density at radius 1 is 1.31 bits per heavy atom. The van der Waals surface area contributed by atoms with Crippen LogP contribution in [0.2, 0.25) is 0 Å². The monoisotopic (exact) mass is 222 g/mol. The highest BCUT2D eigenvalue weighted by atomic mass is 19.1. The maximum absolute atomic E-state index is 12.9. The molecule has 3 heterocycles. The molecule has 16 heavy (non-hydrogen) atoms. The first-order chi connectivity index (χ1) is 7.83. The summed E-state index contributed by atoms with van der Waals surface area (Å²) in [5.41, 5.74) is 0. The van der Waals surface area contributed by atoms with Gasteiger partial charge >= 0.3 is 0 Å². The second-order valence-electron chi connectivity index (χ2n) is 4.51. The molecule has 4 nitrogen and oxygen atoms in total. The first-order valence-electron chi connectivity index (χ1n) is 5.81. The van der Waals surface area contributed by atoms with Crippen molar-refractivity contribution >= 4 is 5.82 Å². The van der Waals surface area contributed by atoms with Crippen LogP contribution in [-0.4, -0.2) is 40.0 Å². The van der Waals surface area contributed by atoms with Gasteiger partial charge in [0.2, 0.25) is 5.95 Å². The minimum absolute atomic E-state index is 0.414. The van der Waals surface area contributed by atoms with Crippen LogP contribution in [0.1, 0.15) is 19.3 Å². The smallest absolute Gasteiger partial charge is 0.217 e. The molecule has 2 unspecified atom stereocenters. The van der Waals surface area contributed by atoms with Gasteiger partial charge in [-0.1, -0.05) is 0 Å². The molecule has 0 spiro atoms. The van der Waals surface area contributed by atoms with Crippen molar-refractivity contribution in [2.75, 3.05) is 18.4 Å². The predicted molar refractivity (Wildman–Crippen MR) is 58.6 cm³/mol. The van der Waals surface area contributed by atoms with Gasteiger partial charge in [0.15, 0.2) is 0 Å². The standard InChI is InChI=1S/C11H15FN4/c12-10-6-11(14-7-13-10)15-8-3-5-16-4-1-2-9(8)16/h6-9H,1-5H2,(H,13,14,15). The second-order valence-corrected chi connectivity index (χ2v) is 4.51. The van der Waals surface area contributed by atoms with E-state index < -0.39 is 5.95 Å². The number of nitrogens with one attached hydrogen (secondary N) is 1. The Labute approximate surface area is 93.9 Å². The van der Waals surface area contributed by atoms with Gasteiger partial charge in [-0.25, -0.2) is 9.97 Å². The SMILES string of the molecule is Fc1cc(NC2CCN3CCCC23)ncn1. The number of aromatic nitrogens is 2. The van der Waals surface area contributed by atoms with E-state index in [-0.39, 0.29) is 0 Å². The Kier molecular flexibility index (Phi) is 2.47. The maximum atomic E-state index is 12.9. The molecule has 0 aromatic carbocycles. The summed E-state index contributed by atoms with van der Waals surface area (Å²) < 4.78 is 12.9. The number of hydrogen-bond acceptors (Lipinski definition) is 4. The van der Waals surface area contributed by atoms with Crippen LogP contribution in [0.25, 0.3) is 0 Å². The molecule has 3 rings (SSSR count). The van der Waals surface area contributed by atoms with Gasteiger partial charge < -0.3 is 5.32 Å². The highest BCUT2D eigenvalue weighted by molar-refractivity contribution is 5.34. The Morgan fingerprint density at radius 2 is 2.25 bits per heavy atom. The minimum Gasteiger partial charge on any atom is -0.366 e. The van der Waals surface area contributed by atoms with Gasteiger partial charge in [-0.3, -0.25) is 4.90 Å². The Bertz CT molecular complexity index is 384. The van der Waals surface area contributed by atoms with E-state index in [0.717, 1.165) is 13.0 Å². The van der Waals surface area contributed by atoms with E-state index in [1.165, 1.54) is 31.8 Å². The van der Waals surface area contributed by atoms with Crippen LogP contribution >= 0.6 is 0 Å². The lowest BCUT2D eigenvalue weighted by molar-refractivity contribution is 0.318. The fourth-order valence-electron chi connectivity index (χ4n) is 2.85. The molecule has 1 N–H and O–H groups in total. The van der Waals surface area contributed by atoms with Crippen LogP contribution in [0, 0.1) is 5.95 Å². The van der Waals surface area contributed by atoms with Gasteiger partial charge in [0.1, 0.15) is 12.1 Å². The van der Waals surface area contributed by atoms with Crippen molar-refractivity contribution in [2.24, 2.45) is 0 Å². The van der Waals surface area contributed by atoms with Gasteiger partial charge in [-0.15, -0.1) is 0 Å². The van der Waals surface area contributed by atoms with Gasteiger partial charge in [0.05, 0.1) is 0 Å². The largest absolute Gasteiger partial charge is 0.366 e. The highest BCUT2D eigenvalue weighted by Gasteiger charge is 2.37. The van der Waals surface area contributed by atoms with Crippen molar-refractivity contribution in [3.63, 3.8) is 0 Å². The van der Waals surface area contributed by atoms with E-state index in [4.69, 9.17) is 0 Å². The molecule has 2 aliphatic rings. The fourth-order valence-corrected chi connectivity index (χ4v) is 2.85. The lowest BCUT2D eigenvalue weighted by Crippen LogP contribution is -2.34. The van der Waals surface area contributed by atoms with Crippen LogP contribution in [0.5, 0.6) is 0 Å². The lowest BCUT2D eigenvalue weighted by atomic mass is 10.1. The van der Waals surface area contributed by atoms with Crippen molar-refractivity contribution in [3.8, 4) is 0 Å². The van der Waals surface area contributed by atoms with E-state index in [9.17, 15) is 4.39 Å². The zero-order chi connectivity index (χ0) is 11.0. The molecule has 2 atom stereocenters. The Balaban J connectivity index is 1.71. The molecule has 5 heteroatoms. The summed E-state index contributed by atoms with van der Waals surface area (Å²) in [5, 5.41) is 3.32. The van der Waals surface area contributed by atoms with Crippen LogP contribution in [0.15, 0.2) is 12.4 Å². The summed E-state index contributed by atoms with van der Waals surface area (Å²) >= 11 is 0. The number of nitrogens with zero attached hydrogens (tertiary/aromatic N) is 3. The first kappa shape index (κ1) is 9.96. The van der Waals surface area contributed by atoms with E-state index in [0.29, 0.717) is 17.9 Å². The van der Waals surface area contributed by atoms with Gasteiger partial charge in [-0.05, 0) is 25.8 Å². The van der Waals surface area contributed by atoms with Gasteiger partial charge in [0.25, 0.3) is 0 Å². The highest BCUT2D eigenvalue weighted by Crippen LogP contribution is 2.29. The molecular formula is C11H15FN4. The zero-order valence-electron chi connectivity index (χ0n) is 9.06. The topological polar surface area (TPSA) is 41.0 Å². The summed E-state index contributed by atoms with van der Waals surface area (Å²) in [6.45, 7) is 2.36.